The van der Waals surface area contributed by atoms with E-state index < -0.39 is 11.7 Å². The molecule has 18 heavy (non-hydrogen) atoms. The maximum absolute atomic E-state index is 11.4. The average molecular weight is 275 g/mol. The summed E-state index contributed by atoms with van der Waals surface area (Å²) in [6.07, 6.45) is 0.981. The molecule has 0 aromatic heterocycles. The highest BCUT2D eigenvalue weighted by atomic mass is 35.5. The van der Waals surface area contributed by atoms with E-state index in [2.05, 4.69) is 16.9 Å². The topological polar surface area (TPSA) is 67.8 Å². The molecule has 0 rings (SSSR count). The van der Waals surface area contributed by atoms with Gasteiger partial charge in [-0.05, 0) is 27.2 Å². The molecular weight excluding hydrogens is 256 g/mol. The van der Waals surface area contributed by atoms with Crippen LogP contribution in [-0.4, -0.2) is 29.7 Å². The number of nitrogens with one attached hydrogen (secondary N) is 1. The number of halogens is 1. The minimum Gasteiger partial charge on any atom is -0.444 e. The van der Waals surface area contributed by atoms with Crippen LogP contribution in [0.3, 0.4) is 0 Å². The molecule has 5 nitrogen and oxygen atoms in total. The van der Waals surface area contributed by atoms with Crippen LogP contribution < -0.4 is 5.32 Å². The number of amides is 1. The monoisotopic (exact) mass is 274 g/mol. The van der Waals surface area contributed by atoms with Crippen molar-refractivity contribution < 1.29 is 14.3 Å². The second-order valence-corrected chi connectivity index (χ2v) is 5.05. The summed E-state index contributed by atoms with van der Waals surface area (Å²) in [5.74, 6) is 0. The fourth-order valence-corrected chi connectivity index (χ4v) is 1.14. The van der Waals surface area contributed by atoms with Gasteiger partial charge in [0.15, 0.2) is 0 Å². The van der Waals surface area contributed by atoms with Gasteiger partial charge in [-0.25, -0.2) is 4.79 Å². The fraction of sp³-hybridized carbons (Fsp3) is 0.583. The maximum Gasteiger partial charge on any atom is 0.411 e. The zero-order chi connectivity index (χ0) is 14.2. The number of hydrogen-bond donors (Lipinski definition) is 1. The molecule has 0 saturated carbocycles. The minimum absolute atomic E-state index is 0.0464. The lowest BCUT2D eigenvalue weighted by Crippen LogP contribution is -2.31. The Morgan fingerprint density at radius 2 is 2.06 bits per heavy atom. The van der Waals surface area contributed by atoms with Gasteiger partial charge in [0.2, 0.25) is 0 Å². The van der Waals surface area contributed by atoms with Gasteiger partial charge in [-0.15, -0.1) is 0 Å². The van der Waals surface area contributed by atoms with Crippen molar-refractivity contribution in [2.45, 2.75) is 39.2 Å². The SMILES string of the molecule is C=C(CC/C(Cl)=N\CC=O)NC(=O)OC(C)(C)C. The number of rotatable bonds is 6. The summed E-state index contributed by atoms with van der Waals surface area (Å²) in [6, 6.07) is 0. The third-order valence-corrected chi connectivity index (χ3v) is 1.96. The van der Waals surface area contributed by atoms with Crippen molar-refractivity contribution in [3.8, 4) is 0 Å². The molecule has 0 bridgehead atoms. The van der Waals surface area contributed by atoms with E-state index in [0.717, 1.165) is 0 Å². The van der Waals surface area contributed by atoms with Crippen LogP contribution in [0.2, 0.25) is 0 Å². The summed E-state index contributed by atoms with van der Waals surface area (Å²) >= 11 is 5.75. The zero-order valence-corrected chi connectivity index (χ0v) is 11.7. The second kappa shape index (κ2) is 7.87. The van der Waals surface area contributed by atoms with Crippen LogP contribution in [0.25, 0.3) is 0 Å². The van der Waals surface area contributed by atoms with E-state index in [1.54, 1.807) is 20.8 Å². The number of alkyl carbamates (subject to hydrolysis) is 1. The molecule has 0 aliphatic heterocycles. The Bertz CT molecular complexity index is 346. The summed E-state index contributed by atoms with van der Waals surface area (Å²) in [6.45, 7) is 9.06. The zero-order valence-electron chi connectivity index (χ0n) is 11.0. The normalized spacial score (nSPS) is 11.9. The van der Waals surface area contributed by atoms with E-state index in [0.29, 0.717) is 30.0 Å². The van der Waals surface area contributed by atoms with Gasteiger partial charge in [-0.2, -0.15) is 0 Å². The van der Waals surface area contributed by atoms with Crippen molar-refractivity contribution in [3.63, 3.8) is 0 Å². The molecule has 6 heteroatoms. The first kappa shape index (κ1) is 16.6. The van der Waals surface area contributed by atoms with Crippen LogP contribution in [0.15, 0.2) is 17.3 Å². The van der Waals surface area contributed by atoms with E-state index in [1.165, 1.54) is 0 Å². The molecule has 102 valence electrons. The minimum atomic E-state index is -0.548. The third kappa shape index (κ3) is 9.84. The molecule has 0 aromatic rings. The molecule has 1 amide bonds. The number of carbonyl (C=O) groups is 2. The number of carbonyl (C=O) groups excluding carboxylic acids is 2. The Morgan fingerprint density at radius 3 is 2.56 bits per heavy atom. The molecule has 0 spiro atoms. The summed E-state index contributed by atoms with van der Waals surface area (Å²) in [4.78, 5) is 25.2. The molecule has 0 radical (unpaired) electrons. The van der Waals surface area contributed by atoms with Crippen LogP contribution in [0.5, 0.6) is 0 Å². The highest BCUT2D eigenvalue weighted by Gasteiger charge is 2.16. The Hall–Kier alpha value is -1.36. The van der Waals surface area contributed by atoms with Crippen molar-refractivity contribution in [1.29, 1.82) is 0 Å². The lowest BCUT2D eigenvalue weighted by Gasteiger charge is -2.20. The predicted octanol–water partition coefficient (Wildman–Crippen LogP) is 2.64. The third-order valence-electron chi connectivity index (χ3n) is 1.65. The Kier molecular flexibility index (Phi) is 7.27. The fourth-order valence-electron chi connectivity index (χ4n) is 0.980. The largest absolute Gasteiger partial charge is 0.444 e. The molecule has 0 atom stereocenters. The van der Waals surface area contributed by atoms with Gasteiger partial charge in [0.25, 0.3) is 0 Å². The van der Waals surface area contributed by atoms with Crippen molar-refractivity contribution in [2.24, 2.45) is 4.99 Å². The smallest absolute Gasteiger partial charge is 0.411 e. The summed E-state index contributed by atoms with van der Waals surface area (Å²) in [7, 11) is 0. The Balaban J connectivity index is 3.98. The maximum atomic E-state index is 11.4. The van der Waals surface area contributed by atoms with Crippen LogP contribution in [0.1, 0.15) is 33.6 Å². The number of ether oxygens (including phenoxy) is 1. The van der Waals surface area contributed by atoms with Gasteiger partial charge < -0.3 is 9.53 Å². The number of nitrogens with zero attached hydrogens (tertiary/aromatic N) is 1. The van der Waals surface area contributed by atoms with Gasteiger partial charge in [-0.1, -0.05) is 18.2 Å². The Morgan fingerprint density at radius 1 is 1.44 bits per heavy atom. The summed E-state index contributed by atoms with van der Waals surface area (Å²) in [5.41, 5.74) is -0.0586. The number of aliphatic imine (C=N–C) groups is 1. The van der Waals surface area contributed by atoms with Gasteiger partial charge in [0.1, 0.15) is 17.1 Å². The molecule has 1 N–H and O–H groups in total. The van der Waals surface area contributed by atoms with E-state index in [9.17, 15) is 9.59 Å². The highest BCUT2D eigenvalue weighted by Crippen LogP contribution is 2.08. The van der Waals surface area contributed by atoms with Crippen molar-refractivity contribution in [1.82, 2.24) is 5.32 Å². The molecular formula is C12H19ClN2O3. The number of aldehydes is 1. The molecule has 0 aromatic carbocycles. The first-order valence-electron chi connectivity index (χ1n) is 5.55. The lowest BCUT2D eigenvalue weighted by molar-refractivity contribution is -0.106. The van der Waals surface area contributed by atoms with E-state index in [4.69, 9.17) is 16.3 Å². The molecule has 0 fully saturated rings. The van der Waals surface area contributed by atoms with Gasteiger partial charge in [0.05, 0.1) is 6.54 Å². The molecule has 0 aliphatic rings. The number of hydrogen-bond acceptors (Lipinski definition) is 4. The van der Waals surface area contributed by atoms with E-state index in [1.807, 2.05) is 0 Å². The standard InChI is InChI=1S/C12H19ClN2O3/c1-9(5-6-10(13)14-7-8-16)15-11(17)18-12(2,3)4/h8H,1,5-7H2,2-4H3,(H,15,17)/b14-10+. The quantitative estimate of drug-likeness (QED) is 0.598. The predicted molar refractivity (Wildman–Crippen MR) is 72.0 cm³/mol. The first-order chi connectivity index (χ1) is 8.24. The van der Waals surface area contributed by atoms with Crippen LogP contribution in [0.4, 0.5) is 4.79 Å². The average Bonchev–Trinajstić information content (AvgIpc) is 2.20. The van der Waals surface area contributed by atoms with Crippen molar-refractivity contribution >= 4 is 29.2 Å². The van der Waals surface area contributed by atoms with Gasteiger partial charge in [0, 0.05) is 12.1 Å². The molecule has 0 saturated heterocycles. The summed E-state index contributed by atoms with van der Waals surface area (Å²) in [5, 5.41) is 2.84. The van der Waals surface area contributed by atoms with E-state index >= 15 is 0 Å². The highest BCUT2D eigenvalue weighted by molar-refractivity contribution is 6.65. The van der Waals surface area contributed by atoms with Crippen molar-refractivity contribution in [3.05, 3.63) is 12.3 Å². The van der Waals surface area contributed by atoms with Gasteiger partial charge in [-0.3, -0.25) is 10.3 Å². The Labute approximate surface area is 112 Å². The number of allylic oxidation sites excluding steroid dienone is 1. The van der Waals surface area contributed by atoms with Crippen molar-refractivity contribution in [2.75, 3.05) is 6.54 Å². The summed E-state index contributed by atoms with van der Waals surface area (Å²) < 4.78 is 5.06. The molecule has 0 aliphatic carbocycles. The van der Waals surface area contributed by atoms with Crippen LogP contribution in [0, 0.1) is 0 Å². The van der Waals surface area contributed by atoms with Crippen LogP contribution in [-0.2, 0) is 9.53 Å². The second-order valence-electron chi connectivity index (χ2n) is 4.61. The molecule has 0 heterocycles. The first-order valence-corrected chi connectivity index (χ1v) is 5.92. The van der Waals surface area contributed by atoms with E-state index in [-0.39, 0.29) is 6.54 Å². The lowest BCUT2D eigenvalue weighted by atomic mass is 10.2. The van der Waals surface area contributed by atoms with Crippen LogP contribution >= 0.6 is 11.6 Å². The van der Waals surface area contributed by atoms with Gasteiger partial charge >= 0.3 is 6.09 Å². The molecule has 0 unspecified atom stereocenters.